The number of nitrogens with zero attached hydrogens (tertiary/aromatic N) is 1. The molecule has 0 aliphatic rings. The molecule has 2 heterocycles. The van der Waals surface area contributed by atoms with Gasteiger partial charge in [0, 0.05) is 39.1 Å². The molecule has 0 aliphatic heterocycles. The summed E-state index contributed by atoms with van der Waals surface area (Å²) in [6.07, 6.45) is 0. The van der Waals surface area contributed by atoms with Gasteiger partial charge in [-0.3, -0.25) is 0 Å². The molecule has 1 unspecified atom stereocenters. The molecule has 5 aromatic carbocycles. The van der Waals surface area contributed by atoms with Crippen LogP contribution in [-0.4, -0.2) is 4.57 Å². The molecule has 0 spiro atoms. The van der Waals surface area contributed by atoms with Crippen molar-refractivity contribution in [2.75, 3.05) is 0 Å². The summed E-state index contributed by atoms with van der Waals surface area (Å²) in [7, 11) is 1.63. The summed E-state index contributed by atoms with van der Waals surface area (Å²) in [6, 6.07) is 42.6. The zero-order chi connectivity index (χ0) is 21.9. The van der Waals surface area contributed by atoms with E-state index >= 15 is 0 Å². The summed E-state index contributed by atoms with van der Waals surface area (Å²) >= 11 is 0. The SMILES string of the molecule is Cn1c2ccccc2c2ccc(-c3ccc4c5ccccc5p(-c5ccccc5)c4c3)cc21. The first-order valence-electron chi connectivity index (χ1n) is 11.4. The third kappa shape index (κ3) is 2.73. The van der Waals surface area contributed by atoms with Gasteiger partial charge in [-0.2, -0.15) is 0 Å². The van der Waals surface area contributed by atoms with Crippen molar-refractivity contribution in [2.24, 2.45) is 7.05 Å². The minimum atomic E-state index is -0.541. The van der Waals surface area contributed by atoms with Crippen molar-refractivity contribution in [3.63, 3.8) is 0 Å². The molecule has 156 valence electrons. The van der Waals surface area contributed by atoms with E-state index in [9.17, 15) is 0 Å². The molecule has 0 radical (unpaired) electrons. The van der Waals surface area contributed by atoms with E-state index in [0.717, 1.165) is 0 Å². The smallest absolute Gasteiger partial charge is 0.0494 e. The molecule has 0 N–H and O–H groups in total. The van der Waals surface area contributed by atoms with Crippen LogP contribution in [0.5, 0.6) is 0 Å². The van der Waals surface area contributed by atoms with Gasteiger partial charge < -0.3 is 4.57 Å². The van der Waals surface area contributed by atoms with Crippen molar-refractivity contribution >= 4 is 50.3 Å². The highest BCUT2D eigenvalue weighted by atomic mass is 31.1. The number of benzene rings is 5. The van der Waals surface area contributed by atoms with Crippen LogP contribution in [0.4, 0.5) is 0 Å². The first kappa shape index (κ1) is 18.7. The van der Waals surface area contributed by atoms with Gasteiger partial charge in [0.15, 0.2) is 0 Å². The Morgan fingerprint density at radius 3 is 1.94 bits per heavy atom. The predicted molar refractivity (Wildman–Crippen MR) is 145 cm³/mol. The Balaban J connectivity index is 1.50. The van der Waals surface area contributed by atoms with Crippen molar-refractivity contribution in [1.29, 1.82) is 0 Å². The van der Waals surface area contributed by atoms with Gasteiger partial charge in [0.1, 0.15) is 0 Å². The average molecular weight is 439 g/mol. The summed E-state index contributed by atoms with van der Waals surface area (Å²) in [4.78, 5) is 0. The fraction of sp³-hybridized carbons (Fsp3) is 0.0323. The van der Waals surface area contributed by atoms with Gasteiger partial charge in [-0.15, -0.1) is 0 Å². The number of rotatable bonds is 2. The lowest BCUT2D eigenvalue weighted by atomic mass is 10.0. The maximum atomic E-state index is 2.44. The Bertz CT molecular complexity index is 1820. The summed E-state index contributed by atoms with van der Waals surface area (Å²) in [5.41, 5.74) is 5.12. The van der Waals surface area contributed by atoms with Crippen LogP contribution in [0, 0.1) is 0 Å². The van der Waals surface area contributed by atoms with Crippen LogP contribution in [0.3, 0.4) is 0 Å². The van der Waals surface area contributed by atoms with Gasteiger partial charge in [-0.25, -0.2) is 0 Å². The van der Waals surface area contributed by atoms with Crippen LogP contribution < -0.4 is 0 Å². The molecule has 0 fully saturated rings. The van der Waals surface area contributed by atoms with Crippen LogP contribution in [-0.2, 0) is 7.05 Å². The van der Waals surface area contributed by atoms with Crippen LogP contribution in [0.15, 0.2) is 115 Å². The molecular formula is C31H22NP. The second kappa shape index (κ2) is 7.10. The molecule has 1 nitrogen and oxygen atoms in total. The molecular weight excluding hydrogens is 417 g/mol. The molecule has 7 aromatic rings. The van der Waals surface area contributed by atoms with Gasteiger partial charge in [-0.05, 0) is 45.4 Å². The summed E-state index contributed by atoms with van der Waals surface area (Å²) in [6.45, 7) is 0. The first-order valence-corrected chi connectivity index (χ1v) is 12.7. The third-order valence-corrected chi connectivity index (χ3v) is 9.47. The van der Waals surface area contributed by atoms with E-state index < -0.39 is 7.53 Å². The van der Waals surface area contributed by atoms with Gasteiger partial charge in [0.2, 0.25) is 0 Å². The Morgan fingerprint density at radius 2 is 1.09 bits per heavy atom. The van der Waals surface area contributed by atoms with Crippen LogP contribution >= 0.6 is 7.53 Å². The molecule has 33 heavy (non-hydrogen) atoms. The van der Waals surface area contributed by atoms with Gasteiger partial charge in [0.05, 0.1) is 0 Å². The Labute approximate surface area is 193 Å². The monoisotopic (exact) mass is 439 g/mol. The lowest BCUT2D eigenvalue weighted by Crippen LogP contribution is -1.86. The van der Waals surface area contributed by atoms with Gasteiger partial charge >= 0.3 is 0 Å². The average Bonchev–Trinajstić information content (AvgIpc) is 3.36. The quantitative estimate of drug-likeness (QED) is 0.253. The molecule has 0 amide bonds. The second-order valence-corrected chi connectivity index (χ2v) is 10.9. The van der Waals surface area contributed by atoms with E-state index in [4.69, 9.17) is 0 Å². The molecule has 2 heteroatoms. The lowest BCUT2D eigenvalue weighted by molar-refractivity contribution is 1.01. The zero-order valence-corrected chi connectivity index (χ0v) is 19.3. The van der Waals surface area contributed by atoms with Gasteiger partial charge in [0.25, 0.3) is 0 Å². The van der Waals surface area contributed by atoms with Crippen molar-refractivity contribution in [1.82, 2.24) is 4.57 Å². The van der Waals surface area contributed by atoms with E-state index in [-0.39, 0.29) is 0 Å². The van der Waals surface area contributed by atoms with Gasteiger partial charge in [-0.1, -0.05) is 105 Å². The van der Waals surface area contributed by atoms with Crippen LogP contribution in [0.25, 0.3) is 59.2 Å². The number of aromatic nitrogens is 1. The standard InChI is InChI=1S/C31H22NP/c1-32-28-13-7-5-11-24(28)25-17-15-21(19-29(25)32)22-16-18-27-26-12-6-8-14-30(26)33(31(27)20-22)23-9-3-2-4-10-23/h2-20H,1H3. The molecule has 0 saturated heterocycles. The summed E-state index contributed by atoms with van der Waals surface area (Å²) in [5.74, 6) is 0. The Kier molecular flexibility index (Phi) is 4.03. The maximum absolute atomic E-state index is 2.44. The highest BCUT2D eigenvalue weighted by Crippen LogP contribution is 2.55. The van der Waals surface area contributed by atoms with Crippen LogP contribution in [0.1, 0.15) is 0 Å². The molecule has 1 atom stereocenters. The van der Waals surface area contributed by atoms with E-state index in [0.29, 0.717) is 0 Å². The van der Waals surface area contributed by atoms with E-state index in [1.54, 1.807) is 0 Å². The molecule has 0 bridgehead atoms. The van der Waals surface area contributed by atoms with Crippen molar-refractivity contribution in [2.45, 2.75) is 0 Å². The zero-order valence-electron chi connectivity index (χ0n) is 18.4. The van der Waals surface area contributed by atoms with Crippen LogP contribution in [0.2, 0.25) is 0 Å². The highest BCUT2D eigenvalue weighted by molar-refractivity contribution is 7.67. The minimum Gasteiger partial charge on any atom is -0.344 e. The van der Waals surface area contributed by atoms with Crippen molar-refractivity contribution < 1.29 is 0 Å². The lowest BCUT2D eigenvalue weighted by Gasteiger charge is -2.07. The van der Waals surface area contributed by atoms with E-state index in [1.807, 2.05) is 0 Å². The predicted octanol–water partition coefficient (Wildman–Crippen LogP) is 9.28. The summed E-state index contributed by atoms with van der Waals surface area (Å²) < 4.78 is 2.31. The normalized spacial score (nSPS) is 12.3. The fourth-order valence-electron chi connectivity index (χ4n) is 5.35. The van der Waals surface area contributed by atoms with Crippen molar-refractivity contribution in [3.05, 3.63) is 115 Å². The molecule has 0 saturated carbocycles. The Hall–Kier alpha value is -3.80. The molecule has 0 aliphatic carbocycles. The van der Waals surface area contributed by atoms with E-state index in [2.05, 4.69) is 127 Å². The maximum Gasteiger partial charge on any atom is 0.0494 e. The molecule has 7 rings (SSSR count). The second-order valence-electron chi connectivity index (χ2n) is 8.73. The molecule has 2 aromatic heterocycles. The third-order valence-electron chi connectivity index (χ3n) is 6.94. The number of hydrogen-bond donors (Lipinski definition) is 0. The van der Waals surface area contributed by atoms with E-state index in [1.165, 1.54) is 59.2 Å². The minimum absolute atomic E-state index is 0.541. The van der Waals surface area contributed by atoms with Crippen molar-refractivity contribution in [3.8, 4) is 16.4 Å². The number of hydrogen-bond acceptors (Lipinski definition) is 0. The Morgan fingerprint density at radius 1 is 0.485 bits per heavy atom. The first-order chi connectivity index (χ1) is 16.3. The number of aryl methyl sites for hydroxylation is 1. The summed E-state index contributed by atoms with van der Waals surface area (Å²) in [5, 5.41) is 9.76. The highest BCUT2D eigenvalue weighted by Gasteiger charge is 2.15. The number of para-hydroxylation sites is 1. The largest absolute Gasteiger partial charge is 0.344 e. The topological polar surface area (TPSA) is 4.93 Å². The number of fused-ring (bicyclic) bond motifs is 6. The fourth-order valence-corrected chi connectivity index (χ4v) is 8.01.